The first-order valence-electron chi connectivity index (χ1n) is 9.45. The smallest absolute Gasteiger partial charge is 0.417 e. The van der Waals surface area contributed by atoms with Crippen molar-refractivity contribution < 1.29 is 27.9 Å². The molecule has 0 aliphatic carbocycles. The average Bonchev–Trinajstić information content (AvgIpc) is 3.04. The number of aromatic nitrogens is 1. The van der Waals surface area contributed by atoms with E-state index in [1.54, 1.807) is 43.5 Å². The fraction of sp³-hybridized carbons (Fsp3) is 0.0833. The van der Waals surface area contributed by atoms with Crippen LogP contribution in [-0.4, -0.2) is 21.3 Å². The molecule has 0 fully saturated rings. The van der Waals surface area contributed by atoms with Gasteiger partial charge in [0.2, 0.25) is 5.78 Å². The van der Waals surface area contributed by atoms with Gasteiger partial charge in [0.05, 0.1) is 32.9 Å². The first-order chi connectivity index (χ1) is 15.1. The Hall–Kier alpha value is -3.58. The molecule has 0 amide bonds. The van der Waals surface area contributed by atoms with Gasteiger partial charge in [-0.15, -0.1) is 0 Å². The first-order valence-corrected chi connectivity index (χ1v) is 9.83. The molecule has 0 saturated carbocycles. The lowest BCUT2D eigenvalue weighted by Crippen LogP contribution is -2.16. The number of aromatic carboxylic acids is 1. The minimum absolute atomic E-state index is 0.0523. The summed E-state index contributed by atoms with van der Waals surface area (Å²) >= 11 is 6.07. The fourth-order valence-electron chi connectivity index (χ4n) is 3.87. The number of carboxylic acids is 1. The zero-order valence-corrected chi connectivity index (χ0v) is 17.3. The van der Waals surface area contributed by atoms with Gasteiger partial charge in [0.1, 0.15) is 0 Å². The van der Waals surface area contributed by atoms with Gasteiger partial charge in [-0.25, -0.2) is 4.79 Å². The Kier molecular flexibility index (Phi) is 5.30. The van der Waals surface area contributed by atoms with E-state index in [2.05, 4.69) is 0 Å². The summed E-state index contributed by atoms with van der Waals surface area (Å²) < 4.78 is 42.4. The summed E-state index contributed by atoms with van der Waals surface area (Å²) in [6.07, 6.45) is -3.17. The number of fused-ring (bicyclic) bond motifs is 1. The van der Waals surface area contributed by atoms with Crippen LogP contribution in [0, 0.1) is 6.92 Å². The normalized spacial score (nSPS) is 11.7. The molecule has 2 aromatic heterocycles. The topological polar surface area (TPSA) is 58.8 Å². The second-order valence-corrected chi connectivity index (χ2v) is 7.58. The molecule has 0 aliphatic rings. The summed E-state index contributed by atoms with van der Waals surface area (Å²) in [5.41, 5.74) is 0.730. The highest BCUT2D eigenvalue weighted by atomic mass is 35.5. The van der Waals surface area contributed by atoms with Crippen LogP contribution in [0.2, 0.25) is 5.02 Å². The van der Waals surface area contributed by atoms with Crippen molar-refractivity contribution in [1.29, 1.82) is 0 Å². The molecule has 0 atom stereocenters. The van der Waals surface area contributed by atoms with E-state index in [9.17, 15) is 22.8 Å². The van der Waals surface area contributed by atoms with Gasteiger partial charge < -0.3 is 9.51 Å². The number of ketones is 1. The summed E-state index contributed by atoms with van der Waals surface area (Å²) in [5.74, 6) is -1.93. The van der Waals surface area contributed by atoms with Gasteiger partial charge in [0, 0.05) is 11.8 Å². The van der Waals surface area contributed by atoms with Gasteiger partial charge >= 0.3 is 12.1 Å². The Bertz CT molecular complexity index is 1370. The van der Waals surface area contributed by atoms with Gasteiger partial charge in [-0.1, -0.05) is 35.9 Å². The quantitative estimate of drug-likeness (QED) is 0.355. The number of carbonyl (C=O) groups excluding carboxylic acids is 1. The van der Waals surface area contributed by atoms with E-state index in [0.29, 0.717) is 22.2 Å². The molecule has 0 radical (unpaired) electrons. The second-order valence-electron chi connectivity index (χ2n) is 7.18. The van der Waals surface area contributed by atoms with E-state index < -0.39 is 29.1 Å². The minimum Gasteiger partial charge on any atom is -0.478 e. The van der Waals surface area contributed by atoms with Crippen molar-refractivity contribution in [1.82, 2.24) is 4.40 Å². The molecule has 2 heterocycles. The Morgan fingerprint density at radius 3 is 2.28 bits per heavy atom. The van der Waals surface area contributed by atoms with Gasteiger partial charge in [-0.3, -0.25) is 4.79 Å². The van der Waals surface area contributed by atoms with Crippen LogP contribution in [0.4, 0.5) is 13.2 Å². The van der Waals surface area contributed by atoms with Gasteiger partial charge in [-0.05, 0) is 54.4 Å². The lowest BCUT2D eigenvalue weighted by atomic mass is 9.96. The molecule has 4 rings (SSSR count). The monoisotopic (exact) mass is 457 g/mol. The van der Waals surface area contributed by atoms with Crippen molar-refractivity contribution in [2.45, 2.75) is 13.1 Å². The molecule has 4 aromatic rings. The highest BCUT2D eigenvalue weighted by Crippen LogP contribution is 2.39. The van der Waals surface area contributed by atoms with Crippen LogP contribution < -0.4 is 0 Å². The Morgan fingerprint density at radius 2 is 1.66 bits per heavy atom. The number of nitrogens with zero attached hydrogens (tertiary/aromatic N) is 1. The number of alkyl halides is 3. The lowest BCUT2D eigenvalue weighted by Gasteiger charge is -2.14. The van der Waals surface area contributed by atoms with Crippen LogP contribution in [0.25, 0.3) is 16.6 Å². The maximum absolute atomic E-state index is 13.6. The predicted molar refractivity (Wildman–Crippen MR) is 114 cm³/mol. The van der Waals surface area contributed by atoms with Crippen molar-refractivity contribution in [2.24, 2.45) is 0 Å². The molecule has 4 nitrogen and oxygen atoms in total. The number of hydrogen-bond acceptors (Lipinski definition) is 2. The molecule has 8 heteroatoms. The zero-order valence-electron chi connectivity index (χ0n) is 16.6. The summed E-state index contributed by atoms with van der Waals surface area (Å²) in [5, 5.41) is 8.85. The molecule has 0 aliphatic heterocycles. The molecule has 0 bridgehead atoms. The van der Waals surface area contributed by atoms with E-state index in [1.165, 1.54) is 22.6 Å². The summed E-state index contributed by atoms with van der Waals surface area (Å²) in [7, 11) is 0. The van der Waals surface area contributed by atoms with Crippen LogP contribution >= 0.6 is 11.6 Å². The van der Waals surface area contributed by atoms with E-state index in [0.717, 1.165) is 12.1 Å². The Morgan fingerprint density at radius 1 is 0.969 bits per heavy atom. The van der Waals surface area contributed by atoms with E-state index >= 15 is 0 Å². The average molecular weight is 458 g/mol. The van der Waals surface area contributed by atoms with Crippen LogP contribution in [-0.2, 0) is 6.18 Å². The number of halogens is 4. The zero-order chi connectivity index (χ0) is 23.2. The van der Waals surface area contributed by atoms with Gasteiger partial charge in [0.25, 0.3) is 0 Å². The molecule has 32 heavy (non-hydrogen) atoms. The third-order valence-corrected chi connectivity index (χ3v) is 5.58. The van der Waals surface area contributed by atoms with Crippen LogP contribution in [0.1, 0.15) is 37.5 Å². The van der Waals surface area contributed by atoms with Crippen molar-refractivity contribution in [3.8, 4) is 11.1 Å². The van der Waals surface area contributed by atoms with Gasteiger partial charge in [0.15, 0.2) is 0 Å². The molecular weight excluding hydrogens is 443 g/mol. The van der Waals surface area contributed by atoms with Crippen LogP contribution in [0.5, 0.6) is 0 Å². The third-order valence-electron chi connectivity index (χ3n) is 5.27. The maximum atomic E-state index is 13.6. The lowest BCUT2D eigenvalue weighted by molar-refractivity contribution is -0.137. The summed E-state index contributed by atoms with van der Waals surface area (Å²) in [4.78, 5) is 24.6. The highest BCUT2D eigenvalue weighted by Gasteiger charge is 2.37. The molecule has 2 aromatic carbocycles. The number of benzene rings is 2. The highest BCUT2D eigenvalue weighted by molar-refractivity contribution is 6.35. The predicted octanol–water partition coefficient (Wildman–Crippen LogP) is 6.52. The number of pyridine rings is 1. The molecule has 162 valence electrons. The number of carboxylic acid groups (broad SMARTS) is 1. The second kappa shape index (κ2) is 7.84. The Balaban J connectivity index is 1.98. The third kappa shape index (κ3) is 3.54. The number of carbonyl (C=O) groups is 2. The minimum atomic E-state index is -4.76. The van der Waals surface area contributed by atoms with E-state index in [1.807, 2.05) is 0 Å². The number of hydrogen-bond donors (Lipinski definition) is 1. The largest absolute Gasteiger partial charge is 0.478 e. The van der Waals surface area contributed by atoms with Crippen LogP contribution in [0.15, 0.2) is 66.9 Å². The molecule has 1 N–H and O–H groups in total. The van der Waals surface area contributed by atoms with Crippen molar-refractivity contribution in [3.05, 3.63) is 99.8 Å². The van der Waals surface area contributed by atoms with Crippen molar-refractivity contribution >= 4 is 28.9 Å². The van der Waals surface area contributed by atoms with E-state index in [4.69, 9.17) is 16.7 Å². The Labute approximate surface area is 185 Å². The first kappa shape index (κ1) is 21.6. The summed E-state index contributed by atoms with van der Waals surface area (Å²) in [6.45, 7) is 1.64. The molecule has 0 unspecified atom stereocenters. The maximum Gasteiger partial charge on any atom is 0.417 e. The van der Waals surface area contributed by atoms with Crippen molar-refractivity contribution in [3.63, 3.8) is 0 Å². The summed E-state index contributed by atoms with van der Waals surface area (Å²) in [6, 6.07) is 14.4. The van der Waals surface area contributed by atoms with E-state index in [-0.39, 0.29) is 16.3 Å². The molecule has 0 spiro atoms. The standard InChI is InChI=1S/C24H15ClF3NO3/c1-13-19(14-8-10-15(11-9-14)23(31)32)18-7-2-3-12-29(18)21(13)22(30)20-16(24(26,27)28)5-4-6-17(20)25/h2-12H,1H3,(H,31,32). The van der Waals surface area contributed by atoms with Crippen LogP contribution in [0.3, 0.4) is 0 Å². The van der Waals surface area contributed by atoms with Crippen molar-refractivity contribution in [2.75, 3.05) is 0 Å². The SMILES string of the molecule is Cc1c(-c2ccc(C(=O)O)cc2)c2ccccn2c1C(=O)c1c(Cl)cccc1C(F)(F)F. The molecule has 0 saturated heterocycles. The van der Waals surface area contributed by atoms with Gasteiger partial charge in [-0.2, -0.15) is 13.2 Å². The fourth-order valence-corrected chi connectivity index (χ4v) is 4.13. The molecular formula is C24H15ClF3NO3. The number of rotatable bonds is 4.